The van der Waals surface area contributed by atoms with Crippen LogP contribution in [0, 0.1) is 30.6 Å². The average Bonchev–Trinajstić information content (AvgIpc) is 3.55. The van der Waals surface area contributed by atoms with E-state index in [1.54, 1.807) is 0 Å². The fourth-order valence-corrected chi connectivity index (χ4v) is 9.07. The van der Waals surface area contributed by atoms with Crippen LogP contribution in [-0.2, 0) is 12.8 Å². The molecule has 0 saturated heterocycles. The van der Waals surface area contributed by atoms with Crippen LogP contribution in [-0.4, -0.2) is 41.5 Å². The van der Waals surface area contributed by atoms with Crippen LogP contribution in [0.3, 0.4) is 0 Å². The summed E-state index contributed by atoms with van der Waals surface area (Å²) in [5, 5.41) is 0. The number of carbonyl (C=O) groups excluding carboxylic acids is 5. The van der Waals surface area contributed by atoms with Gasteiger partial charge in [-0.2, -0.15) is 0 Å². The zero-order valence-corrected chi connectivity index (χ0v) is 30.3. The fourth-order valence-electron chi connectivity index (χ4n) is 9.07. The molecule has 2 aliphatic carbocycles. The van der Waals surface area contributed by atoms with E-state index in [0.717, 1.165) is 34.0 Å². The van der Waals surface area contributed by atoms with E-state index in [9.17, 15) is 24.0 Å². The largest absolute Gasteiger partial charge is 0.423 e. The molecule has 2 aliphatic heterocycles. The van der Waals surface area contributed by atoms with Crippen LogP contribution >= 0.6 is 0 Å². The van der Waals surface area contributed by atoms with Crippen LogP contribution in [0.4, 0.5) is 5.69 Å². The Labute approximate surface area is 310 Å². The van der Waals surface area contributed by atoms with Crippen molar-refractivity contribution in [2.24, 2.45) is 23.7 Å². The molecule has 0 atom stereocenters. The molecule has 0 N–H and O–H groups in total. The van der Waals surface area contributed by atoms with Gasteiger partial charge in [0.25, 0.3) is 23.6 Å². The summed E-state index contributed by atoms with van der Waals surface area (Å²) in [5.41, 5.74) is 5.34. The molecule has 4 aromatic rings. The van der Waals surface area contributed by atoms with Crippen LogP contribution in [0.25, 0.3) is 0 Å². The van der Waals surface area contributed by atoms with E-state index in [1.807, 2.05) is 24.3 Å². The van der Waals surface area contributed by atoms with E-state index < -0.39 is 29.6 Å². The number of aryl methyl sites for hydroxylation is 1. The first-order valence-electron chi connectivity index (χ1n) is 19.0. The lowest BCUT2D eigenvalue weighted by atomic mass is 9.68. The Morgan fingerprint density at radius 3 is 1.68 bits per heavy atom. The molecule has 8 heteroatoms. The number of hydrogen-bond acceptors (Lipinski definition) is 6. The number of esters is 1. The summed E-state index contributed by atoms with van der Waals surface area (Å²) >= 11 is 0. The van der Waals surface area contributed by atoms with Crippen LogP contribution in [0.1, 0.15) is 120 Å². The predicted molar refractivity (Wildman–Crippen MR) is 201 cm³/mol. The summed E-state index contributed by atoms with van der Waals surface area (Å²) in [6, 6.07) is 25.3. The van der Waals surface area contributed by atoms with Gasteiger partial charge in [0.1, 0.15) is 5.75 Å². The van der Waals surface area contributed by atoms with Crippen molar-refractivity contribution in [2.45, 2.75) is 71.1 Å². The molecular formula is C45H44N2O6. The maximum Gasteiger partial charge on any atom is 0.343 e. The highest BCUT2D eigenvalue weighted by Crippen LogP contribution is 2.43. The minimum atomic E-state index is -0.753. The van der Waals surface area contributed by atoms with Crippen molar-refractivity contribution >= 4 is 35.3 Å². The SMILES string of the molecule is Cc1ccc(CC2CCC(C3CCC(Cc4ccc(N5C(=O)c6ccc(C(=O)Oc7ccc8c(c7)C(=O)N(C)C8=O)cc6C5=O)cc4)CC3)CC2)cc1. The Bertz CT molecular complexity index is 2100. The number of anilines is 1. The molecular weight excluding hydrogens is 665 g/mol. The number of carbonyl (C=O) groups is 5. The van der Waals surface area contributed by atoms with E-state index in [4.69, 9.17) is 4.74 Å². The van der Waals surface area contributed by atoms with Crippen molar-refractivity contribution in [3.8, 4) is 5.75 Å². The van der Waals surface area contributed by atoms with Gasteiger partial charge in [-0.1, -0.05) is 42.0 Å². The van der Waals surface area contributed by atoms with E-state index >= 15 is 0 Å². The van der Waals surface area contributed by atoms with Crippen molar-refractivity contribution in [3.63, 3.8) is 0 Å². The van der Waals surface area contributed by atoms with Crippen LogP contribution < -0.4 is 9.64 Å². The molecule has 0 aromatic heterocycles. The summed E-state index contributed by atoms with van der Waals surface area (Å²) in [7, 11) is 1.39. The topological polar surface area (TPSA) is 101 Å². The number of ether oxygens (including phenoxy) is 1. The molecule has 0 unspecified atom stereocenters. The predicted octanol–water partition coefficient (Wildman–Crippen LogP) is 8.64. The number of benzene rings is 4. The van der Waals surface area contributed by atoms with Crippen molar-refractivity contribution in [1.29, 1.82) is 0 Å². The van der Waals surface area contributed by atoms with E-state index in [1.165, 1.54) is 118 Å². The first kappa shape index (κ1) is 34.7. The lowest BCUT2D eigenvalue weighted by molar-refractivity contribution is 0.0687. The van der Waals surface area contributed by atoms with E-state index in [0.29, 0.717) is 11.6 Å². The van der Waals surface area contributed by atoms with Gasteiger partial charge in [-0.25, -0.2) is 9.69 Å². The van der Waals surface area contributed by atoms with Crippen LogP contribution in [0.15, 0.2) is 84.9 Å². The number of hydrogen-bond donors (Lipinski definition) is 0. The zero-order valence-electron chi connectivity index (χ0n) is 30.3. The molecule has 8 nitrogen and oxygen atoms in total. The number of rotatable bonds is 8. The van der Waals surface area contributed by atoms with E-state index in [-0.39, 0.29) is 33.6 Å². The van der Waals surface area contributed by atoms with Crippen LogP contribution in [0.2, 0.25) is 0 Å². The highest BCUT2D eigenvalue weighted by molar-refractivity contribution is 6.34. The lowest BCUT2D eigenvalue weighted by Gasteiger charge is -2.38. The molecule has 0 spiro atoms. The molecule has 2 heterocycles. The van der Waals surface area contributed by atoms with Gasteiger partial charge < -0.3 is 4.74 Å². The first-order chi connectivity index (χ1) is 25.6. The van der Waals surface area contributed by atoms with Crippen LogP contribution in [0.5, 0.6) is 5.75 Å². The lowest BCUT2D eigenvalue weighted by Crippen LogP contribution is -2.29. The summed E-state index contributed by atoms with van der Waals surface area (Å²) in [6.07, 6.45) is 12.8. The molecule has 4 aliphatic rings. The molecule has 2 saturated carbocycles. The zero-order chi connectivity index (χ0) is 36.8. The van der Waals surface area contributed by atoms with Gasteiger partial charge in [0.2, 0.25) is 0 Å². The molecule has 8 rings (SSSR count). The van der Waals surface area contributed by atoms with Gasteiger partial charge in [0.15, 0.2) is 0 Å². The second kappa shape index (κ2) is 14.2. The molecule has 4 aromatic carbocycles. The molecule has 0 bridgehead atoms. The highest BCUT2D eigenvalue weighted by atomic mass is 16.5. The highest BCUT2D eigenvalue weighted by Gasteiger charge is 2.38. The van der Waals surface area contributed by atoms with Gasteiger partial charge in [-0.05, 0) is 154 Å². The quantitative estimate of drug-likeness (QED) is 0.103. The van der Waals surface area contributed by atoms with Gasteiger partial charge in [0, 0.05) is 7.05 Å². The number of amides is 4. The third kappa shape index (κ3) is 6.83. The first-order valence-corrected chi connectivity index (χ1v) is 19.0. The third-order valence-electron chi connectivity index (χ3n) is 12.2. The molecule has 0 radical (unpaired) electrons. The fraction of sp³-hybridized carbons (Fsp3) is 0.356. The number of fused-ring (bicyclic) bond motifs is 2. The molecule has 4 amide bonds. The molecule has 53 heavy (non-hydrogen) atoms. The maximum atomic E-state index is 13.5. The molecule has 2 fully saturated rings. The van der Waals surface area contributed by atoms with E-state index in [2.05, 4.69) is 31.2 Å². The minimum absolute atomic E-state index is 0.0858. The van der Waals surface area contributed by atoms with Gasteiger partial charge in [0.05, 0.1) is 33.5 Å². The Morgan fingerprint density at radius 2 is 1.08 bits per heavy atom. The standard InChI is InChI=1S/C45H44N2O6/c1-27-3-5-28(6-4-27)23-29-7-13-32(14-8-29)33-15-9-30(10-16-33)24-31-11-18-35(19-12-31)47-43(50)38-21-17-34(25-39(38)44(47)51)45(52)53-36-20-22-37-40(26-36)42(49)46(2)41(37)48/h3-6,11-12,17-22,25-26,29-30,32-33H,7-10,13-16,23-24H2,1-2H3. The van der Waals surface area contributed by atoms with Gasteiger partial charge in [-0.3, -0.25) is 24.1 Å². The Morgan fingerprint density at radius 1 is 0.585 bits per heavy atom. The second-order valence-corrected chi connectivity index (χ2v) is 15.6. The Hall–Kier alpha value is -5.37. The maximum absolute atomic E-state index is 13.5. The Balaban J connectivity index is 0.836. The normalized spacial score (nSPS) is 22.6. The monoisotopic (exact) mass is 708 g/mol. The van der Waals surface area contributed by atoms with Gasteiger partial charge in [-0.15, -0.1) is 0 Å². The third-order valence-corrected chi connectivity index (χ3v) is 12.2. The smallest absolute Gasteiger partial charge is 0.343 e. The number of imide groups is 2. The average molecular weight is 709 g/mol. The van der Waals surface area contributed by atoms with Gasteiger partial charge >= 0.3 is 5.97 Å². The van der Waals surface area contributed by atoms with Crippen molar-refractivity contribution in [1.82, 2.24) is 4.90 Å². The summed E-state index contributed by atoms with van der Waals surface area (Å²) < 4.78 is 5.48. The van der Waals surface area contributed by atoms with Crippen molar-refractivity contribution < 1.29 is 28.7 Å². The summed E-state index contributed by atoms with van der Waals surface area (Å²) in [4.78, 5) is 66.7. The second-order valence-electron chi connectivity index (χ2n) is 15.6. The summed E-state index contributed by atoms with van der Waals surface area (Å²) in [5.74, 6) is 0.702. The number of nitrogens with zero attached hydrogens (tertiary/aromatic N) is 2. The molecule has 270 valence electrons. The van der Waals surface area contributed by atoms with Crippen molar-refractivity contribution in [2.75, 3.05) is 11.9 Å². The Kier molecular flexibility index (Phi) is 9.31. The minimum Gasteiger partial charge on any atom is -0.423 e. The van der Waals surface area contributed by atoms with Crippen molar-refractivity contribution in [3.05, 3.63) is 129 Å². The summed E-state index contributed by atoms with van der Waals surface area (Å²) in [6.45, 7) is 2.15.